The molecule has 0 saturated heterocycles. The molecule has 83 valence electrons. The van der Waals surface area contributed by atoms with Crippen LogP contribution in [0.15, 0.2) is 0 Å². The lowest BCUT2D eigenvalue weighted by molar-refractivity contribution is 0.0379. The number of carbonyl (C=O) groups excluding carboxylic acids is 1. The molecule has 0 aliphatic rings. The molecule has 0 fully saturated rings. The van der Waals surface area contributed by atoms with Gasteiger partial charge in [0.15, 0.2) is 6.29 Å². The van der Waals surface area contributed by atoms with E-state index in [4.69, 9.17) is 0 Å². The molecule has 2 nitrogen and oxygen atoms in total. The van der Waals surface area contributed by atoms with Gasteiger partial charge in [-0.3, -0.25) is 9.69 Å². The first-order chi connectivity index (χ1) is 6.19. The van der Waals surface area contributed by atoms with Crippen LogP contribution in [0.2, 0.25) is 0 Å². The molecule has 1 radical (unpaired) electrons. The average molecular weight is 198 g/mol. The minimum absolute atomic E-state index is 0.154. The zero-order valence-corrected chi connectivity index (χ0v) is 10.5. The second-order valence-electron chi connectivity index (χ2n) is 5.74. The van der Waals surface area contributed by atoms with Crippen molar-refractivity contribution in [3.05, 3.63) is 0 Å². The van der Waals surface area contributed by atoms with Crippen LogP contribution in [0.5, 0.6) is 0 Å². The van der Waals surface area contributed by atoms with Crippen LogP contribution in [0.25, 0.3) is 0 Å². The Balaban J connectivity index is 4.35. The molecule has 0 N–H and O–H groups in total. The SMILES string of the molecule is CC(C)(C)N(CCC[C]=O)C(C)(C)C. The number of rotatable bonds is 4. The third-order valence-electron chi connectivity index (χ3n) is 2.28. The highest BCUT2D eigenvalue weighted by atomic mass is 16.1. The molecule has 14 heavy (non-hydrogen) atoms. The van der Waals surface area contributed by atoms with Gasteiger partial charge in [0.05, 0.1) is 0 Å². The van der Waals surface area contributed by atoms with Crippen LogP contribution in [0, 0.1) is 0 Å². The fourth-order valence-electron chi connectivity index (χ4n) is 1.99. The molecule has 0 aliphatic carbocycles. The van der Waals surface area contributed by atoms with Crippen molar-refractivity contribution in [2.45, 2.75) is 65.5 Å². The van der Waals surface area contributed by atoms with E-state index in [0.717, 1.165) is 13.0 Å². The highest BCUT2D eigenvalue weighted by Gasteiger charge is 2.30. The number of hydrogen-bond donors (Lipinski definition) is 0. The molecule has 0 atom stereocenters. The van der Waals surface area contributed by atoms with Crippen molar-refractivity contribution >= 4 is 6.29 Å². The second kappa shape index (κ2) is 4.92. The van der Waals surface area contributed by atoms with Crippen LogP contribution >= 0.6 is 0 Å². The zero-order valence-electron chi connectivity index (χ0n) is 10.5. The average Bonchev–Trinajstić information content (AvgIpc) is 1.92. The summed E-state index contributed by atoms with van der Waals surface area (Å²) in [6, 6.07) is 0. The molecule has 0 aromatic carbocycles. The molecular formula is C12H24NO. The smallest absolute Gasteiger partial charge is 0.198 e. The maximum Gasteiger partial charge on any atom is 0.198 e. The molecule has 0 aromatic rings. The van der Waals surface area contributed by atoms with Gasteiger partial charge in [0, 0.05) is 17.5 Å². The molecule has 0 bridgehead atoms. The molecule has 2 heteroatoms. The van der Waals surface area contributed by atoms with Crippen LogP contribution in [-0.2, 0) is 4.79 Å². The first kappa shape index (κ1) is 13.6. The van der Waals surface area contributed by atoms with Crippen molar-refractivity contribution in [2.75, 3.05) is 6.54 Å². The van der Waals surface area contributed by atoms with Crippen molar-refractivity contribution in [1.29, 1.82) is 0 Å². The third kappa shape index (κ3) is 4.75. The summed E-state index contributed by atoms with van der Waals surface area (Å²) in [6.45, 7) is 14.2. The lowest BCUT2D eigenvalue weighted by Crippen LogP contribution is -2.52. The summed E-state index contributed by atoms with van der Waals surface area (Å²) >= 11 is 0. The lowest BCUT2D eigenvalue weighted by Gasteiger charge is -2.45. The topological polar surface area (TPSA) is 20.3 Å². The van der Waals surface area contributed by atoms with E-state index in [-0.39, 0.29) is 11.1 Å². The monoisotopic (exact) mass is 198 g/mol. The first-order valence-electron chi connectivity index (χ1n) is 5.32. The van der Waals surface area contributed by atoms with Crippen LogP contribution in [-0.4, -0.2) is 28.8 Å². The van der Waals surface area contributed by atoms with Crippen molar-refractivity contribution in [2.24, 2.45) is 0 Å². The largest absolute Gasteiger partial charge is 0.294 e. The summed E-state index contributed by atoms with van der Waals surface area (Å²) in [5, 5.41) is 0. The van der Waals surface area contributed by atoms with Gasteiger partial charge in [-0.25, -0.2) is 0 Å². The van der Waals surface area contributed by atoms with Gasteiger partial charge >= 0.3 is 0 Å². The number of unbranched alkanes of at least 4 members (excludes halogenated alkanes) is 1. The van der Waals surface area contributed by atoms with Gasteiger partial charge in [0.1, 0.15) is 0 Å². The highest BCUT2D eigenvalue weighted by molar-refractivity contribution is 5.50. The summed E-state index contributed by atoms with van der Waals surface area (Å²) in [4.78, 5) is 12.6. The first-order valence-corrected chi connectivity index (χ1v) is 5.32. The second-order valence-corrected chi connectivity index (χ2v) is 5.74. The van der Waals surface area contributed by atoms with Gasteiger partial charge in [-0.1, -0.05) is 0 Å². The van der Waals surface area contributed by atoms with Crippen molar-refractivity contribution in [3.8, 4) is 0 Å². The molecule has 0 aliphatic heterocycles. The Kier molecular flexibility index (Phi) is 4.79. The standard InChI is InChI=1S/C12H24NO/c1-11(2,3)13(12(4,5)6)9-7-8-10-14/h7-9H2,1-6H3. The van der Waals surface area contributed by atoms with E-state index in [2.05, 4.69) is 46.4 Å². The van der Waals surface area contributed by atoms with Gasteiger partial charge in [0.2, 0.25) is 0 Å². The Morgan fingerprint density at radius 2 is 1.43 bits per heavy atom. The van der Waals surface area contributed by atoms with E-state index in [1.165, 1.54) is 0 Å². The fourth-order valence-corrected chi connectivity index (χ4v) is 1.99. The van der Waals surface area contributed by atoms with Crippen LogP contribution in [0.3, 0.4) is 0 Å². The van der Waals surface area contributed by atoms with Crippen LogP contribution in [0.4, 0.5) is 0 Å². The van der Waals surface area contributed by atoms with Gasteiger partial charge in [-0.15, -0.1) is 0 Å². The van der Waals surface area contributed by atoms with E-state index < -0.39 is 0 Å². The molecule has 0 heterocycles. The Morgan fingerprint density at radius 3 is 1.71 bits per heavy atom. The summed E-state index contributed by atoms with van der Waals surface area (Å²) in [6.07, 6.45) is 3.39. The van der Waals surface area contributed by atoms with Crippen molar-refractivity contribution in [3.63, 3.8) is 0 Å². The van der Waals surface area contributed by atoms with E-state index in [0.29, 0.717) is 6.42 Å². The Labute approximate surface area is 88.7 Å². The number of hydrogen-bond acceptors (Lipinski definition) is 2. The van der Waals surface area contributed by atoms with Gasteiger partial charge in [-0.05, 0) is 54.5 Å². The predicted octanol–water partition coefficient (Wildman–Crippen LogP) is 2.78. The summed E-state index contributed by atoms with van der Waals surface area (Å²) in [7, 11) is 0. The van der Waals surface area contributed by atoms with Gasteiger partial charge in [-0.2, -0.15) is 0 Å². The minimum atomic E-state index is 0.154. The Hall–Kier alpha value is -0.370. The quantitative estimate of drug-likeness (QED) is 0.647. The Morgan fingerprint density at radius 1 is 1.00 bits per heavy atom. The van der Waals surface area contributed by atoms with Gasteiger partial charge in [0.25, 0.3) is 0 Å². The van der Waals surface area contributed by atoms with Crippen LogP contribution < -0.4 is 0 Å². The summed E-state index contributed by atoms with van der Waals surface area (Å²) < 4.78 is 0. The maximum atomic E-state index is 10.1. The van der Waals surface area contributed by atoms with E-state index >= 15 is 0 Å². The molecular weight excluding hydrogens is 174 g/mol. The molecule has 0 spiro atoms. The lowest BCUT2D eigenvalue weighted by atomic mass is 9.95. The Bertz CT molecular complexity index is 160. The molecule has 0 rings (SSSR count). The summed E-state index contributed by atoms with van der Waals surface area (Å²) in [5.41, 5.74) is 0.308. The summed E-state index contributed by atoms with van der Waals surface area (Å²) in [5.74, 6) is 0. The minimum Gasteiger partial charge on any atom is -0.294 e. The van der Waals surface area contributed by atoms with E-state index in [1.54, 1.807) is 0 Å². The third-order valence-corrected chi connectivity index (χ3v) is 2.28. The van der Waals surface area contributed by atoms with Gasteiger partial charge < -0.3 is 0 Å². The molecule has 0 amide bonds. The van der Waals surface area contributed by atoms with Crippen LogP contribution in [0.1, 0.15) is 54.4 Å². The normalized spacial score (nSPS) is 13.4. The predicted molar refractivity (Wildman–Crippen MR) is 61.1 cm³/mol. The maximum absolute atomic E-state index is 10.1. The molecule has 0 unspecified atom stereocenters. The van der Waals surface area contributed by atoms with E-state index in [1.807, 2.05) is 6.29 Å². The molecule has 0 aromatic heterocycles. The van der Waals surface area contributed by atoms with Crippen molar-refractivity contribution in [1.82, 2.24) is 4.90 Å². The van der Waals surface area contributed by atoms with Crippen molar-refractivity contribution < 1.29 is 4.79 Å². The number of nitrogens with zero attached hydrogens (tertiary/aromatic N) is 1. The highest BCUT2D eigenvalue weighted by Crippen LogP contribution is 2.24. The van der Waals surface area contributed by atoms with E-state index in [9.17, 15) is 4.79 Å². The zero-order chi connectivity index (χ0) is 11.4. The molecule has 0 saturated carbocycles. The fraction of sp³-hybridized carbons (Fsp3) is 0.917.